The lowest BCUT2D eigenvalue weighted by atomic mass is 10.1. The highest BCUT2D eigenvalue weighted by Gasteiger charge is 2.19. The Morgan fingerprint density at radius 2 is 1.75 bits per heavy atom. The van der Waals surface area contributed by atoms with Crippen LogP contribution >= 0.6 is 0 Å². The lowest BCUT2D eigenvalue weighted by molar-refractivity contribution is -0.119. The van der Waals surface area contributed by atoms with Gasteiger partial charge in [-0.2, -0.15) is 5.10 Å². The van der Waals surface area contributed by atoms with Crippen molar-refractivity contribution in [2.45, 2.75) is 19.3 Å². The zero-order valence-corrected chi connectivity index (χ0v) is 20.4. The monoisotopic (exact) mass is 483 g/mol. The predicted molar refractivity (Wildman–Crippen MR) is 138 cm³/mol. The molecular weight excluding hydrogens is 454 g/mol. The molecule has 2 aromatic heterocycles. The van der Waals surface area contributed by atoms with Gasteiger partial charge < -0.3 is 14.4 Å². The van der Waals surface area contributed by atoms with Crippen molar-refractivity contribution in [2.75, 3.05) is 44.8 Å². The first-order chi connectivity index (χ1) is 17.6. The average Bonchev–Trinajstić information content (AvgIpc) is 3.57. The maximum Gasteiger partial charge on any atom is 0.240 e. The molecule has 184 valence electrons. The maximum absolute atomic E-state index is 12.6. The number of pyridine rings is 1. The number of ether oxygens (including phenoxy) is 2. The van der Waals surface area contributed by atoms with Crippen LogP contribution in [0.25, 0.3) is 16.9 Å². The maximum atomic E-state index is 12.6. The van der Waals surface area contributed by atoms with E-state index in [2.05, 4.69) is 4.90 Å². The number of fused-ring (bicyclic) bond motifs is 2. The lowest BCUT2D eigenvalue weighted by Crippen LogP contribution is -2.37. The van der Waals surface area contributed by atoms with Crippen molar-refractivity contribution in [2.24, 2.45) is 0 Å². The number of aromatic nitrogens is 3. The molecule has 36 heavy (non-hydrogen) atoms. The lowest BCUT2D eigenvalue weighted by Gasteiger charge is -2.21. The van der Waals surface area contributed by atoms with Gasteiger partial charge in [0, 0.05) is 24.7 Å². The van der Waals surface area contributed by atoms with Crippen LogP contribution in [0.2, 0.25) is 0 Å². The van der Waals surface area contributed by atoms with E-state index in [9.17, 15) is 4.79 Å². The molecule has 1 fully saturated rings. The highest BCUT2D eigenvalue weighted by molar-refractivity contribution is 5.94. The Kier molecular flexibility index (Phi) is 6.03. The molecule has 2 aliphatic rings. The minimum absolute atomic E-state index is 0.123. The van der Waals surface area contributed by atoms with E-state index in [1.54, 1.807) is 4.90 Å². The normalized spacial score (nSPS) is 15.4. The smallest absolute Gasteiger partial charge is 0.240 e. The number of anilines is 1. The molecule has 8 nitrogen and oxygen atoms in total. The average molecular weight is 484 g/mol. The van der Waals surface area contributed by atoms with E-state index >= 15 is 0 Å². The van der Waals surface area contributed by atoms with Gasteiger partial charge in [0.25, 0.3) is 0 Å². The molecule has 1 saturated heterocycles. The SMILES string of the molecule is CN(C(=O)CN1CCCC1)c1ccc(Cc2nc3cccc(-c4ccc5c(c4)OCCO5)n3n2)cc1. The number of amides is 1. The molecule has 2 aromatic carbocycles. The molecule has 0 spiro atoms. The second-order valence-electron chi connectivity index (χ2n) is 9.35. The summed E-state index contributed by atoms with van der Waals surface area (Å²) >= 11 is 0. The largest absolute Gasteiger partial charge is 0.486 e. The summed E-state index contributed by atoms with van der Waals surface area (Å²) in [4.78, 5) is 21.4. The first-order valence-electron chi connectivity index (χ1n) is 12.5. The molecule has 0 atom stereocenters. The summed E-state index contributed by atoms with van der Waals surface area (Å²) < 4.78 is 13.3. The van der Waals surface area contributed by atoms with Crippen molar-refractivity contribution < 1.29 is 14.3 Å². The van der Waals surface area contributed by atoms with Crippen LogP contribution in [0.5, 0.6) is 11.5 Å². The molecule has 8 heteroatoms. The third kappa shape index (κ3) is 4.52. The van der Waals surface area contributed by atoms with Crippen LogP contribution in [-0.4, -0.2) is 65.3 Å². The predicted octanol–water partition coefficient (Wildman–Crippen LogP) is 3.82. The molecule has 0 radical (unpaired) electrons. The first kappa shape index (κ1) is 22.5. The van der Waals surface area contributed by atoms with E-state index in [4.69, 9.17) is 19.6 Å². The van der Waals surface area contributed by atoms with Gasteiger partial charge in [0.2, 0.25) is 5.91 Å². The minimum Gasteiger partial charge on any atom is -0.486 e. The molecule has 1 amide bonds. The van der Waals surface area contributed by atoms with Gasteiger partial charge in [0.15, 0.2) is 23.0 Å². The molecule has 4 heterocycles. The fraction of sp³-hybridized carbons (Fsp3) is 0.321. The summed E-state index contributed by atoms with van der Waals surface area (Å²) in [5, 5.41) is 4.80. The van der Waals surface area contributed by atoms with Gasteiger partial charge in [0.05, 0.1) is 12.2 Å². The van der Waals surface area contributed by atoms with E-state index < -0.39 is 0 Å². The molecule has 4 aromatic rings. The number of likely N-dealkylation sites (N-methyl/N-ethyl adjacent to an activating group) is 1. The van der Waals surface area contributed by atoms with Gasteiger partial charge in [-0.1, -0.05) is 18.2 Å². The highest BCUT2D eigenvalue weighted by Crippen LogP contribution is 2.34. The Labute approximate surface area is 210 Å². The van der Waals surface area contributed by atoms with Gasteiger partial charge >= 0.3 is 0 Å². The van der Waals surface area contributed by atoms with Crippen LogP contribution < -0.4 is 14.4 Å². The van der Waals surface area contributed by atoms with E-state index in [1.165, 1.54) is 12.8 Å². The molecule has 0 bridgehead atoms. The molecule has 0 N–H and O–H groups in total. The van der Waals surface area contributed by atoms with Crippen LogP contribution in [0.3, 0.4) is 0 Å². The number of hydrogen-bond acceptors (Lipinski definition) is 6. The number of benzene rings is 2. The van der Waals surface area contributed by atoms with E-state index in [1.807, 2.05) is 72.2 Å². The Morgan fingerprint density at radius 1 is 0.972 bits per heavy atom. The van der Waals surface area contributed by atoms with E-state index in [0.717, 1.165) is 58.6 Å². The topological polar surface area (TPSA) is 72.2 Å². The zero-order chi connectivity index (χ0) is 24.5. The molecular formula is C28H29N5O3. The Hall–Kier alpha value is -3.91. The Balaban J connectivity index is 1.19. The standard InChI is InChI=1S/C28H29N5O3/c1-31(28(34)19-32-13-2-3-14-32)22-10-7-20(8-11-22)17-26-29-27-6-4-5-23(33(27)30-26)21-9-12-24-25(18-21)36-16-15-35-24/h4-12,18H,2-3,13-17,19H2,1H3. The van der Waals surface area contributed by atoms with Crippen molar-refractivity contribution in [3.8, 4) is 22.8 Å². The fourth-order valence-electron chi connectivity index (χ4n) is 4.85. The van der Waals surface area contributed by atoms with Crippen LogP contribution in [0, 0.1) is 0 Å². The Morgan fingerprint density at radius 3 is 2.56 bits per heavy atom. The van der Waals surface area contributed by atoms with Gasteiger partial charge in [-0.05, 0) is 74.0 Å². The number of carbonyl (C=O) groups is 1. The third-order valence-electron chi connectivity index (χ3n) is 6.86. The molecule has 0 unspecified atom stereocenters. The number of hydrogen-bond donors (Lipinski definition) is 0. The van der Waals surface area contributed by atoms with Crippen molar-refractivity contribution in [1.29, 1.82) is 0 Å². The second-order valence-corrected chi connectivity index (χ2v) is 9.35. The summed E-state index contributed by atoms with van der Waals surface area (Å²) in [6, 6.07) is 20.0. The third-order valence-corrected chi connectivity index (χ3v) is 6.86. The number of carbonyl (C=O) groups excluding carboxylic acids is 1. The van der Waals surface area contributed by atoms with Crippen molar-refractivity contribution in [3.63, 3.8) is 0 Å². The zero-order valence-electron chi connectivity index (χ0n) is 20.4. The molecule has 0 aliphatic carbocycles. The summed E-state index contributed by atoms with van der Waals surface area (Å²) in [5.41, 5.74) is 4.72. The first-order valence-corrected chi connectivity index (χ1v) is 12.5. The van der Waals surface area contributed by atoms with Crippen LogP contribution in [-0.2, 0) is 11.2 Å². The summed E-state index contributed by atoms with van der Waals surface area (Å²) in [5.74, 6) is 2.38. The number of rotatable bonds is 6. The number of nitrogens with zero attached hydrogens (tertiary/aromatic N) is 5. The van der Waals surface area contributed by atoms with Crippen molar-refractivity contribution in [3.05, 3.63) is 72.1 Å². The fourth-order valence-corrected chi connectivity index (χ4v) is 4.85. The second kappa shape index (κ2) is 9.62. The van der Waals surface area contributed by atoms with Gasteiger partial charge in [-0.3, -0.25) is 9.69 Å². The summed E-state index contributed by atoms with van der Waals surface area (Å²) in [6.07, 6.45) is 2.97. The minimum atomic E-state index is 0.123. The van der Waals surface area contributed by atoms with E-state index in [0.29, 0.717) is 26.2 Å². The van der Waals surface area contributed by atoms with Crippen molar-refractivity contribution in [1.82, 2.24) is 19.5 Å². The van der Waals surface area contributed by atoms with E-state index in [-0.39, 0.29) is 5.91 Å². The number of likely N-dealkylation sites (tertiary alicyclic amines) is 1. The van der Waals surface area contributed by atoms with Gasteiger partial charge in [-0.25, -0.2) is 9.50 Å². The summed E-state index contributed by atoms with van der Waals surface area (Å²) in [6.45, 7) is 3.63. The molecule has 6 rings (SSSR count). The molecule has 2 aliphatic heterocycles. The summed E-state index contributed by atoms with van der Waals surface area (Å²) in [7, 11) is 1.84. The van der Waals surface area contributed by atoms with Crippen LogP contribution in [0.4, 0.5) is 5.69 Å². The van der Waals surface area contributed by atoms with Crippen molar-refractivity contribution >= 4 is 17.2 Å². The van der Waals surface area contributed by atoms with Gasteiger partial charge in [-0.15, -0.1) is 0 Å². The quantitative estimate of drug-likeness (QED) is 0.415. The van der Waals surface area contributed by atoms with Crippen LogP contribution in [0.15, 0.2) is 60.7 Å². The molecule has 0 saturated carbocycles. The highest BCUT2D eigenvalue weighted by atomic mass is 16.6. The van der Waals surface area contributed by atoms with Gasteiger partial charge in [0.1, 0.15) is 13.2 Å². The Bertz CT molecular complexity index is 1390. The van der Waals surface area contributed by atoms with Crippen LogP contribution in [0.1, 0.15) is 24.2 Å².